The van der Waals surface area contributed by atoms with E-state index in [1.54, 1.807) is 4.90 Å². The van der Waals surface area contributed by atoms with Gasteiger partial charge in [0.05, 0.1) is 0 Å². The lowest BCUT2D eigenvalue weighted by atomic mass is 10.1. The molecule has 0 N–H and O–H groups in total. The highest BCUT2D eigenvalue weighted by molar-refractivity contribution is 5.74. The number of hydrogen-bond acceptors (Lipinski definition) is 3. The van der Waals surface area contributed by atoms with Crippen molar-refractivity contribution in [1.29, 1.82) is 0 Å². The minimum atomic E-state index is -0.330. The maximum absolute atomic E-state index is 11.1. The minimum absolute atomic E-state index is 0.0223. The van der Waals surface area contributed by atoms with E-state index < -0.39 is 0 Å². The van der Waals surface area contributed by atoms with Crippen LogP contribution in [0.1, 0.15) is 33.1 Å². The third-order valence-electron chi connectivity index (χ3n) is 2.15. The van der Waals surface area contributed by atoms with E-state index in [1.807, 2.05) is 0 Å². The van der Waals surface area contributed by atoms with E-state index in [4.69, 9.17) is 4.74 Å². The number of ether oxygens (including phenoxy) is 1. The number of piperidine rings is 1. The van der Waals surface area contributed by atoms with Crippen LogP contribution in [-0.2, 0) is 14.3 Å². The van der Waals surface area contributed by atoms with Crippen LogP contribution in [-0.4, -0.2) is 29.5 Å². The number of likely N-dealkylation sites (tertiary alicyclic amines) is 1. The molecule has 74 valence electrons. The quantitative estimate of drug-likeness (QED) is 0.570. The molecular formula is C9H15NO3. The number of carbonyl (C=O) groups excluding carboxylic acids is 2. The van der Waals surface area contributed by atoms with E-state index in [-0.39, 0.29) is 18.1 Å². The Balaban J connectivity index is 2.56. The first-order valence-corrected chi connectivity index (χ1v) is 4.55. The van der Waals surface area contributed by atoms with Crippen LogP contribution in [0.5, 0.6) is 0 Å². The largest absolute Gasteiger partial charge is 0.442 e. The summed E-state index contributed by atoms with van der Waals surface area (Å²) in [6.45, 7) is 3.57. The Morgan fingerprint density at radius 2 is 2.00 bits per heavy atom. The fourth-order valence-corrected chi connectivity index (χ4v) is 1.58. The van der Waals surface area contributed by atoms with E-state index >= 15 is 0 Å². The predicted molar refractivity (Wildman–Crippen MR) is 46.8 cm³/mol. The highest BCUT2D eigenvalue weighted by Crippen LogP contribution is 2.17. The molecule has 0 saturated carbocycles. The molecule has 1 aliphatic rings. The van der Waals surface area contributed by atoms with Gasteiger partial charge in [-0.15, -0.1) is 0 Å². The fourth-order valence-electron chi connectivity index (χ4n) is 1.58. The molecule has 1 rings (SSSR count). The zero-order valence-corrected chi connectivity index (χ0v) is 8.08. The second-order valence-corrected chi connectivity index (χ2v) is 3.27. The van der Waals surface area contributed by atoms with E-state index in [1.165, 1.54) is 13.8 Å². The lowest BCUT2D eigenvalue weighted by molar-refractivity contribution is -0.165. The molecule has 1 heterocycles. The predicted octanol–water partition coefficient (Wildman–Crippen LogP) is 0.908. The van der Waals surface area contributed by atoms with Crippen molar-refractivity contribution in [2.45, 2.75) is 39.3 Å². The van der Waals surface area contributed by atoms with Crippen molar-refractivity contribution in [2.75, 3.05) is 6.54 Å². The average molecular weight is 185 g/mol. The monoisotopic (exact) mass is 185 g/mol. The van der Waals surface area contributed by atoms with Crippen LogP contribution < -0.4 is 0 Å². The summed E-state index contributed by atoms with van der Waals surface area (Å²) in [4.78, 5) is 23.5. The Morgan fingerprint density at radius 1 is 1.31 bits per heavy atom. The summed E-state index contributed by atoms with van der Waals surface area (Å²) in [5.41, 5.74) is 0. The van der Waals surface area contributed by atoms with Gasteiger partial charge < -0.3 is 9.64 Å². The third kappa shape index (κ3) is 2.72. The summed E-state index contributed by atoms with van der Waals surface area (Å²) in [6, 6.07) is 0. The molecule has 1 aliphatic heterocycles. The van der Waals surface area contributed by atoms with Gasteiger partial charge in [-0.2, -0.15) is 0 Å². The Morgan fingerprint density at radius 3 is 2.54 bits per heavy atom. The van der Waals surface area contributed by atoms with Gasteiger partial charge in [-0.1, -0.05) is 0 Å². The molecule has 0 unspecified atom stereocenters. The average Bonchev–Trinajstić information content (AvgIpc) is 2.03. The summed E-state index contributed by atoms with van der Waals surface area (Å²) >= 11 is 0. The molecule has 0 aliphatic carbocycles. The summed E-state index contributed by atoms with van der Waals surface area (Å²) in [6.07, 6.45) is 2.45. The molecular weight excluding hydrogens is 170 g/mol. The Labute approximate surface area is 77.8 Å². The van der Waals surface area contributed by atoms with E-state index in [0.717, 1.165) is 19.3 Å². The Kier molecular flexibility index (Phi) is 3.28. The standard InChI is InChI=1S/C9H15NO3/c1-7(11)10-6-4-3-5-9(10)13-8(2)12/h9H,3-6H2,1-2H3/t9-/m0/s1. The van der Waals surface area contributed by atoms with Gasteiger partial charge in [-0.25, -0.2) is 0 Å². The van der Waals surface area contributed by atoms with Crippen LogP contribution in [0.4, 0.5) is 0 Å². The van der Waals surface area contributed by atoms with Gasteiger partial charge in [-0.3, -0.25) is 9.59 Å². The van der Waals surface area contributed by atoms with Crippen LogP contribution in [0, 0.1) is 0 Å². The van der Waals surface area contributed by atoms with Crippen molar-refractivity contribution in [3.63, 3.8) is 0 Å². The van der Waals surface area contributed by atoms with E-state index in [0.29, 0.717) is 6.54 Å². The maximum atomic E-state index is 11.1. The highest BCUT2D eigenvalue weighted by atomic mass is 16.6. The van der Waals surface area contributed by atoms with Gasteiger partial charge in [0.1, 0.15) is 0 Å². The molecule has 4 heteroatoms. The molecule has 0 aromatic heterocycles. The van der Waals surface area contributed by atoms with Gasteiger partial charge in [0, 0.05) is 26.8 Å². The number of hydrogen-bond donors (Lipinski definition) is 0. The van der Waals surface area contributed by atoms with Crippen LogP contribution >= 0.6 is 0 Å². The molecule has 0 bridgehead atoms. The molecule has 1 atom stereocenters. The smallest absolute Gasteiger partial charge is 0.304 e. The van der Waals surface area contributed by atoms with Crippen molar-refractivity contribution in [1.82, 2.24) is 4.90 Å². The number of esters is 1. The summed E-state index contributed by atoms with van der Waals surface area (Å²) in [7, 11) is 0. The summed E-state index contributed by atoms with van der Waals surface area (Å²) in [5.74, 6) is -0.343. The van der Waals surface area contributed by atoms with Gasteiger partial charge in [0.25, 0.3) is 0 Å². The second-order valence-electron chi connectivity index (χ2n) is 3.27. The fraction of sp³-hybridized carbons (Fsp3) is 0.778. The number of carbonyl (C=O) groups is 2. The van der Waals surface area contributed by atoms with E-state index in [2.05, 4.69) is 0 Å². The zero-order valence-electron chi connectivity index (χ0n) is 8.08. The van der Waals surface area contributed by atoms with Crippen molar-refractivity contribution in [3.8, 4) is 0 Å². The van der Waals surface area contributed by atoms with Crippen LogP contribution in [0.2, 0.25) is 0 Å². The lowest BCUT2D eigenvalue weighted by Crippen LogP contribution is -2.44. The first-order chi connectivity index (χ1) is 6.11. The van der Waals surface area contributed by atoms with Gasteiger partial charge in [0.2, 0.25) is 5.91 Å². The highest BCUT2D eigenvalue weighted by Gasteiger charge is 2.26. The molecule has 1 saturated heterocycles. The molecule has 13 heavy (non-hydrogen) atoms. The second kappa shape index (κ2) is 4.25. The third-order valence-corrected chi connectivity index (χ3v) is 2.15. The van der Waals surface area contributed by atoms with Crippen LogP contribution in [0.15, 0.2) is 0 Å². The van der Waals surface area contributed by atoms with Gasteiger partial charge in [0.15, 0.2) is 6.23 Å². The summed E-state index contributed by atoms with van der Waals surface area (Å²) in [5, 5.41) is 0. The van der Waals surface area contributed by atoms with Crippen molar-refractivity contribution in [3.05, 3.63) is 0 Å². The lowest BCUT2D eigenvalue weighted by Gasteiger charge is -2.33. The van der Waals surface area contributed by atoms with Crippen molar-refractivity contribution >= 4 is 11.9 Å². The van der Waals surface area contributed by atoms with Crippen LogP contribution in [0.25, 0.3) is 0 Å². The Bertz CT molecular complexity index is 215. The van der Waals surface area contributed by atoms with Crippen molar-refractivity contribution < 1.29 is 14.3 Å². The molecule has 0 spiro atoms. The van der Waals surface area contributed by atoms with E-state index in [9.17, 15) is 9.59 Å². The van der Waals surface area contributed by atoms with Crippen LogP contribution in [0.3, 0.4) is 0 Å². The Hall–Kier alpha value is -1.06. The number of rotatable bonds is 1. The minimum Gasteiger partial charge on any atom is -0.442 e. The van der Waals surface area contributed by atoms with Crippen molar-refractivity contribution in [2.24, 2.45) is 0 Å². The molecule has 0 aromatic carbocycles. The summed E-state index contributed by atoms with van der Waals surface area (Å²) < 4.78 is 5.03. The molecule has 1 fully saturated rings. The maximum Gasteiger partial charge on any atom is 0.304 e. The molecule has 0 radical (unpaired) electrons. The first-order valence-electron chi connectivity index (χ1n) is 4.55. The molecule has 4 nitrogen and oxygen atoms in total. The number of amides is 1. The molecule has 0 aromatic rings. The first kappa shape index (κ1) is 10.0. The zero-order chi connectivity index (χ0) is 9.84. The molecule has 1 amide bonds. The topological polar surface area (TPSA) is 46.6 Å². The van der Waals surface area contributed by atoms with Gasteiger partial charge in [-0.05, 0) is 12.8 Å². The van der Waals surface area contributed by atoms with Gasteiger partial charge >= 0.3 is 5.97 Å². The normalized spacial score (nSPS) is 22.6. The SMILES string of the molecule is CC(=O)O[C@H]1CCCCN1C(C)=O. The number of nitrogens with zero attached hydrogens (tertiary/aromatic N) is 1.